The third-order valence-electron chi connectivity index (χ3n) is 9.98. The van der Waals surface area contributed by atoms with Crippen molar-refractivity contribution in [2.75, 3.05) is 13.7 Å². The van der Waals surface area contributed by atoms with Crippen LogP contribution in [0.1, 0.15) is 87.5 Å². The second-order valence-electron chi connectivity index (χ2n) is 12.3. The van der Waals surface area contributed by atoms with Gasteiger partial charge < -0.3 is 14.2 Å². The van der Waals surface area contributed by atoms with E-state index in [4.69, 9.17) is 14.2 Å². The first-order chi connectivity index (χ1) is 19.8. The Hall–Kier alpha value is -3.34. The highest BCUT2D eigenvalue weighted by atomic mass is 16.5. The minimum absolute atomic E-state index is 0.0406. The highest BCUT2D eigenvalue weighted by Gasteiger charge is 2.57. The Morgan fingerprint density at radius 2 is 1.78 bits per heavy atom. The molecule has 5 nitrogen and oxygen atoms in total. The van der Waals surface area contributed by atoms with Crippen molar-refractivity contribution in [1.82, 2.24) is 0 Å². The van der Waals surface area contributed by atoms with Crippen molar-refractivity contribution in [2.45, 2.75) is 77.7 Å². The Balaban J connectivity index is 1.30. The standard InChI is InChI=1S/C36H44O5/c1-5-40-34(38)19-14-26-12-10-25(11-13-26)8-6-7-9-27-22-28-23-29(39-4)15-16-30(28)31-20-21-36(3)32(35(27)31)17-18-33(36)41-24(2)37/h6,8,10-16,19,23,27,31-33,35H,5,7,9,17-18,20-22H2,1-4H3/b8-6+,19-14+/t27-,31-,32+,33+,35-,36+/m1/s1. The van der Waals surface area contributed by atoms with E-state index in [0.717, 1.165) is 61.8 Å². The molecule has 218 valence electrons. The lowest BCUT2D eigenvalue weighted by atomic mass is 9.52. The molecule has 6 atom stereocenters. The number of rotatable bonds is 9. The van der Waals surface area contributed by atoms with Gasteiger partial charge in [-0.25, -0.2) is 4.79 Å². The summed E-state index contributed by atoms with van der Waals surface area (Å²) >= 11 is 0. The summed E-state index contributed by atoms with van der Waals surface area (Å²) in [5.74, 6) is 2.80. The van der Waals surface area contributed by atoms with Gasteiger partial charge in [0, 0.05) is 18.4 Å². The molecule has 0 aliphatic heterocycles. The third kappa shape index (κ3) is 6.29. The molecule has 3 aliphatic rings. The quantitative estimate of drug-likeness (QED) is 0.233. The number of hydrogen-bond acceptors (Lipinski definition) is 5. The fourth-order valence-electron chi connectivity index (χ4n) is 8.12. The number of esters is 2. The lowest BCUT2D eigenvalue weighted by Gasteiger charge is -2.53. The molecule has 3 aliphatic carbocycles. The Kier molecular flexibility index (Phi) is 9.01. The molecule has 5 rings (SSSR count). The molecule has 0 unspecified atom stereocenters. The molecule has 41 heavy (non-hydrogen) atoms. The van der Waals surface area contributed by atoms with Gasteiger partial charge in [-0.1, -0.05) is 49.4 Å². The van der Waals surface area contributed by atoms with E-state index in [-0.39, 0.29) is 23.5 Å². The van der Waals surface area contributed by atoms with Gasteiger partial charge in [-0.05, 0) is 116 Å². The molecule has 2 saturated carbocycles. The van der Waals surface area contributed by atoms with Crippen molar-refractivity contribution in [3.8, 4) is 5.75 Å². The molecule has 2 fully saturated rings. The molecule has 0 saturated heterocycles. The Bertz CT molecular complexity index is 1290. The highest BCUT2D eigenvalue weighted by Crippen LogP contribution is 2.63. The van der Waals surface area contributed by atoms with Gasteiger partial charge >= 0.3 is 11.9 Å². The zero-order chi connectivity index (χ0) is 29.0. The van der Waals surface area contributed by atoms with Gasteiger partial charge in [0.05, 0.1) is 13.7 Å². The van der Waals surface area contributed by atoms with Gasteiger partial charge in [0.2, 0.25) is 0 Å². The monoisotopic (exact) mass is 556 g/mol. The van der Waals surface area contributed by atoms with Gasteiger partial charge in [0.15, 0.2) is 0 Å². The van der Waals surface area contributed by atoms with Crippen LogP contribution in [-0.2, 0) is 25.5 Å². The lowest BCUT2D eigenvalue weighted by Crippen LogP contribution is -2.48. The lowest BCUT2D eigenvalue weighted by molar-refractivity contribution is -0.155. The van der Waals surface area contributed by atoms with Gasteiger partial charge in [-0.3, -0.25) is 4.79 Å². The Morgan fingerprint density at radius 1 is 1.02 bits per heavy atom. The Morgan fingerprint density at radius 3 is 2.49 bits per heavy atom. The van der Waals surface area contributed by atoms with E-state index in [1.165, 1.54) is 17.2 Å². The molecule has 2 aromatic carbocycles. The van der Waals surface area contributed by atoms with Crippen LogP contribution in [0.5, 0.6) is 5.75 Å². The second kappa shape index (κ2) is 12.7. The molecule has 0 radical (unpaired) electrons. The van der Waals surface area contributed by atoms with E-state index in [0.29, 0.717) is 30.3 Å². The van der Waals surface area contributed by atoms with Crippen molar-refractivity contribution in [3.05, 3.63) is 76.9 Å². The molecule has 0 aromatic heterocycles. The molecule has 0 amide bonds. The molecular weight excluding hydrogens is 512 g/mol. The van der Waals surface area contributed by atoms with Crippen LogP contribution in [0.2, 0.25) is 0 Å². The highest BCUT2D eigenvalue weighted by molar-refractivity contribution is 5.87. The van der Waals surface area contributed by atoms with Crippen LogP contribution >= 0.6 is 0 Å². The maximum Gasteiger partial charge on any atom is 0.330 e. The summed E-state index contributed by atoms with van der Waals surface area (Å²) in [6, 6.07) is 14.9. The number of methoxy groups -OCH3 is 1. The Labute approximate surface area is 245 Å². The number of ether oxygens (including phenoxy) is 3. The van der Waals surface area contributed by atoms with E-state index in [2.05, 4.69) is 49.4 Å². The predicted octanol–water partition coefficient (Wildman–Crippen LogP) is 7.78. The predicted molar refractivity (Wildman–Crippen MR) is 162 cm³/mol. The number of carbonyl (C=O) groups is 2. The molecule has 0 heterocycles. The van der Waals surface area contributed by atoms with E-state index in [1.54, 1.807) is 27.0 Å². The summed E-state index contributed by atoms with van der Waals surface area (Å²) in [5, 5.41) is 0. The van der Waals surface area contributed by atoms with E-state index >= 15 is 0 Å². The first-order valence-corrected chi connectivity index (χ1v) is 15.3. The van der Waals surface area contributed by atoms with Crippen LogP contribution < -0.4 is 4.74 Å². The molecule has 5 heteroatoms. The second-order valence-corrected chi connectivity index (χ2v) is 12.3. The van der Waals surface area contributed by atoms with Gasteiger partial charge in [-0.2, -0.15) is 0 Å². The fraction of sp³-hybridized carbons (Fsp3) is 0.500. The summed E-state index contributed by atoms with van der Waals surface area (Å²) in [7, 11) is 1.75. The summed E-state index contributed by atoms with van der Waals surface area (Å²) in [6.45, 7) is 6.12. The van der Waals surface area contributed by atoms with Crippen LogP contribution in [0.25, 0.3) is 12.2 Å². The van der Waals surface area contributed by atoms with Gasteiger partial charge in [-0.15, -0.1) is 0 Å². The maximum atomic E-state index is 11.9. The third-order valence-corrected chi connectivity index (χ3v) is 9.98. The van der Waals surface area contributed by atoms with Crippen molar-refractivity contribution in [2.24, 2.45) is 23.2 Å². The number of fused-ring (bicyclic) bond motifs is 5. The zero-order valence-corrected chi connectivity index (χ0v) is 24.9. The van der Waals surface area contributed by atoms with Crippen molar-refractivity contribution >= 4 is 24.1 Å². The van der Waals surface area contributed by atoms with Crippen LogP contribution in [-0.4, -0.2) is 31.8 Å². The minimum atomic E-state index is -0.319. The normalized spacial score (nSPS) is 28.6. The molecule has 0 bridgehead atoms. The maximum absolute atomic E-state index is 11.9. The number of carbonyl (C=O) groups excluding carboxylic acids is 2. The fourth-order valence-corrected chi connectivity index (χ4v) is 8.12. The van der Waals surface area contributed by atoms with Crippen molar-refractivity contribution < 1.29 is 23.8 Å². The first kappa shape index (κ1) is 29.2. The van der Waals surface area contributed by atoms with E-state index in [9.17, 15) is 9.59 Å². The minimum Gasteiger partial charge on any atom is -0.497 e. The summed E-state index contributed by atoms with van der Waals surface area (Å²) in [5.41, 5.74) is 5.15. The molecule has 0 spiro atoms. The SMILES string of the molecule is CCOC(=O)/C=C/c1ccc(/C=C/CC[C@@H]2Cc3cc(OC)ccc3[C@H]3CC[C@]4(C)[C@@H](OC(C)=O)CC[C@H]4[C@H]23)cc1. The van der Waals surface area contributed by atoms with Crippen LogP contribution in [0.4, 0.5) is 0 Å². The topological polar surface area (TPSA) is 61.8 Å². The van der Waals surface area contributed by atoms with Crippen LogP contribution in [0, 0.1) is 23.2 Å². The first-order valence-electron chi connectivity index (χ1n) is 15.3. The average Bonchev–Trinajstić information content (AvgIpc) is 3.29. The number of hydrogen-bond donors (Lipinski definition) is 0. The zero-order valence-electron chi connectivity index (χ0n) is 24.9. The van der Waals surface area contributed by atoms with Gasteiger partial charge in [0.1, 0.15) is 11.9 Å². The molecular formula is C36H44O5. The largest absolute Gasteiger partial charge is 0.497 e. The van der Waals surface area contributed by atoms with Crippen molar-refractivity contribution in [1.29, 1.82) is 0 Å². The number of benzene rings is 2. The average molecular weight is 557 g/mol. The van der Waals surface area contributed by atoms with E-state index in [1.807, 2.05) is 12.1 Å². The van der Waals surface area contributed by atoms with Gasteiger partial charge in [0.25, 0.3) is 0 Å². The summed E-state index contributed by atoms with van der Waals surface area (Å²) < 4.78 is 16.4. The smallest absolute Gasteiger partial charge is 0.330 e. The van der Waals surface area contributed by atoms with Crippen molar-refractivity contribution in [3.63, 3.8) is 0 Å². The molecule has 2 aromatic rings. The molecule has 0 N–H and O–H groups in total. The van der Waals surface area contributed by atoms with Crippen LogP contribution in [0.15, 0.2) is 54.6 Å². The van der Waals surface area contributed by atoms with E-state index < -0.39 is 0 Å². The number of allylic oxidation sites excluding steroid dienone is 1. The summed E-state index contributed by atoms with van der Waals surface area (Å²) in [4.78, 5) is 23.5. The van der Waals surface area contributed by atoms with Crippen LogP contribution in [0.3, 0.4) is 0 Å². The summed E-state index contributed by atoms with van der Waals surface area (Å²) in [6.07, 6.45) is 15.4.